The van der Waals surface area contributed by atoms with Crippen LogP contribution in [0.15, 0.2) is 11.1 Å². The number of anilines is 1. The smallest absolute Gasteiger partial charge is 0.302 e. The summed E-state index contributed by atoms with van der Waals surface area (Å²) in [6, 6.07) is 0. The number of hydrogen-bond donors (Lipinski definition) is 1. The van der Waals surface area contributed by atoms with Gasteiger partial charge in [0.25, 0.3) is 0 Å². The molecular weight excluding hydrogens is 238 g/mol. The number of carbonyl (C=O) groups is 1. The zero-order valence-electron chi connectivity index (χ0n) is 8.07. The molecule has 0 bridgehead atoms. The molecular formula is C8H10ClN3O2S. The van der Waals surface area contributed by atoms with Crippen LogP contribution in [0.3, 0.4) is 0 Å². The van der Waals surface area contributed by atoms with E-state index in [0.717, 1.165) is 4.90 Å². The first kappa shape index (κ1) is 12.1. The third-order valence-electron chi connectivity index (χ3n) is 1.40. The molecule has 1 rings (SSSR count). The molecule has 0 amide bonds. The Hall–Kier alpha value is -1.01. The van der Waals surface area contributed by atoms with Gasteiger partial charge in [0.05, 0.1) is 4.90 Å². The number of halogens is 1. The summed E-state index contributed by atoms with van der Waals surface area (Å²) >= 11 is 6.95. The second-order valence-corrected chi connectivity index (χ2v) is 4.05. The fraction of sp³-hybridized carbons (Fsp3) is 0.375. The number of esters is 1. The number of carbonyl (C=O) groups excluding carboxylic acids is 1. The predicted octanol–water partition coefficient (Wildman–Crippen LogP) is 1.37. The molecule has 0 atom stereocenters. The largest absolute Gasteiger partial charge is 0.465 e. The van der Waals surface area contributed by atoms with E-state index in [9.17, 15) is 4.79 Å². The van der Waals surface area contributed by atoms with Crippen molar-refractivity contribution < 1.29 is 9.53 Å². The van der Waals surface area contributed by atoms with Gasteiger partial charge >= 0.3 is 5.97 Å². The normalized spacial score (nSPS) is 10.0. The number of rotatable bonds is 4. The van der Waals surface area contributed by atoms with E-state index in [1.54, 1.807) is 6.20 Å². The molecule has 0 aliphatic rings. The quantitative estimate of drug-likeness (QED) is 0.375. The van der Waals surface area contributed by atoms with E-state index in [4.69, 9.17) is 22.1 Å². The Labute approximate surface area is 96.4 Å². The number of aromatic nitrogens is 2. The van der Waals surface area contributed by atoms with E-state index >= 15 is 0 Å². The number of nitrogens with two attached hydrogens (primary N) is 1. The fourth-order valence-corrected chi connectivity index (χ4v) is 1.66. The highest BCUT2D eigenvalue weighted by molar-refractivity contribution is 7.99. The van der Waals surface area contributed by atoms with E-state index in [-0.39, 0.29) is 11.3 Å². The summed E-state index contributed by atoms with van der Waals surface area (Å²) in [7, 11) is 0. The maximum atomic E-state index is 10.5. The zero-order valence-corrected chi connectivity index (χ0v) is 9.64. The molecule has 1 heterocycles. The van der Waals surface area contributed by atoms with Crippen molar-refractivity contribution in [3.8, 4) is 0 Å². The standard InChI is InChI=1S/C8H10ClN3O2S/c1-5(13)14-2-3-15-6-4-11-8(9)12-7(6)10/h4H,2-3H2,1H3,(H2,10,11,12). The number of thioether (sulfide) groups is 1. The van der Waals surface area contributed by atoms with Gasteiger partial charge in [0, 0.05) is 18.9 Å². The van der Waals surface area contributed by atoms with Gasteiger partial charge in [-0.3, -0.25) is 4.79 Å². The van der Waals surface area contributed by atoms with Crippen LogP contribution in [0.25, 0.3) is 0 Å². The van der Waals surface area contributed by atoms with Gasteiger partial charge in [0.1, 0.15) is 12.4 Å². The van der Waals surface area contributed by atoms with E-state index < -0.39 is 0 Å². The summed E-state index contributed by atoms with van der Waals surface area (Å²) in [6.07, 6.45) is 1.54. The van der Waals surface area contributed by atoms with Gasteiger partial charge in [0.2, 0.25) is 5.28 Å². The summed E-state index contributed by atoms with van der Waals surface area (Å²) in [4.78, 5) is 18.8. The summed E-state index contributed by atoms with van der Waals surface area (Å²) in [6.45, 7) is 1.70. The van der Waals surface area contributed by atoms with Crippen LogP contribution < -0.4 is 5.73 Å². The molecule has 0 aliphatic carbocycles. The van der Waals surface area contributed by atoms with Crippen molar-refractivity contribution >= 4 is 35.1 Å². The van der Waals surface area contributed by atoms with Crippen LogP contribution in [-0.4, -0.2) is 28.3 Å². The molecule has 0 fully saturated rings. The SMILES string of the molecule is CC(=O)OCCSc1cnc(Cl)nc1N. The molecule has 0 radical (unpaired) electrons. The first-order valence-corrected chi connectivity index (χ1v) is 5.50. The summed E-state index contributed by atoms with van der Waals surface area (Å²) in [5.74, 6) is 0.646. The van der Waals surface area contributed by atoms with Crippen LogP contribution in [0.4, 0.5) is 5.82 Å². The van der Waals surface area contributed by atoms with Crippen molar-refractivity contribution in [2.24, 2.45) is 0 Å². The van der Waals surface area contributed by atoms with Crippen molar-refractivity contribution in [2.45, 2.75) is 11.8 Å². The molecule has 0 aliphatic heterocycles. The van der Waals surface area contributed by atoms with E-state index in [1.807, 2.05) is 0 Å². The molecule has 2 N–H and O–H groups in total. The first-order valence-electron chi connectivity index (χ1n) is 4.14. The number of nitrogens with zero attached hydrogens (tertiary/aromatic N) is 2. The van der Waals surface area contributed by atoms with Crippen molar-refractivity contribution in [3.63, 3.8) is 0 Å². The number of hydrogen-bond acceptors (Lipinski definition) is 6. The van der Waals surface area contributed by atoms with E-state index in [2.05, 4.69) is 9.97 Å². The lowest BCUT2D eigenvalue weighted by Crippen LogP contribution is -2.03. The predicted molar refractivity (Wildman–Crippen MR) is 58.8 cm³/mol. The molecule has 5 nitrogen and oxygen atoms in total. The molecule has 0 unspecified atom stereocenters. The minimum Gasteiger partial charge on any atom is -0.465 e. The second-order valence-electron chi connectivity index (χ2n) is 2.58. The van der Waals surface area contributed by atoms with Crippen LogP contribution in [-0.2, 0) is 9.53 Å². The first-order chi connectivity index (χ1) is 7.09. The van der Waals surface area contributed by atoms with Gasteiger partial charge in [-0.05, 0) is 11.6 Å². The highest BCUT2D eigenvalue weighted by atomic mass is 35.5. The minimum atomic E-state index is -0.295. The summed E-state index contributed by atoms with van der Waals surface area (Å²) in [5.41, 5.74) is 5.60. The Bertz CT molecular complexity index is 362. The monoisotopic (exact) mass is 247 g/mol. The highest BCUT2D eigenvalue weighted by Crippen LogP contribution is 2.22. The molecule has 0 saturated heterocycles. The Morgan fingerprint density at radius 1 is 1.73 bits per heavy atom. The van der Waals surface area contributed by atoms with Crippen LogP contribution in [0, 0.1) is 0 Å². The van der Waals surface area contributed by atoms with Gasteiger partial charge in [-0.25, -0.2) is 4.98 Å². The molecule has 82 valence electrons. The zero-order chi connectivity index (χ0) is 11.3. The lowest BCUT2D eigenvalue weighted by atomic mass is 10.6. The van der Waals surface area contributed by atoms with Crippen molar-refractivity contribution in [3.05, 3.63) is 11.5 Å². The van der Waals surface area contributed by atoms with E-state index in [1.165, 1.54) is 18.7 Å². The van der Waals surface area contributed by atoms with Crippen molar-refractivity contribution in [1.82, 2.24) is 9.97 Å². The average molecular weight is 248 g/mol. The maximum Gasteiger partial charge on any atom is 0.302 e. The lowest BCUT2D eigenvalue weighted by Gasteiger charge is -2.04. The van der Waals surface area contributed by atoms with Gasteiger partial charge < -0.3 is 10.5 Å². The molecule has 0 saturated carbocycles. The van der Waals surface area contributed by atoms with Crippen LogP contribution in [0.1, 0.15) is 6.92 Å². The Morgan fingerprint density at radius 3 is 3.07 bits per heavy atom. The van der Waals surface area contributed by atoms with E-state index in [0.29, 0.717) is 18.2 Å². The van der Waals surface area contributed by atoms with Gasteiger partial charge in [0.15, 0.2) is 0 Å². The third-order valence-corrected chi connectivity index (χ3v) is 2.58. The lowest BCUT2D eigenvalue weighted by molar-refractivity contribution is -0.140. The molecule has 0 aromatic carbocycles. The van der Waals surface area contributed by atoms with Crippen LogP contribution >= 0.6 is 23.4 Å². The maximum absolute atomic E-state index is 10.5. The molecule has 15 heavy (non-hydrogen) atoms. The van der Waals surface area contributed by atoms with Gasteiger partial charge in [-0.1, -0.05) is 0 Å². The van der Waals surface area contributed by atoms with Crippen molar-refractivity contribution in [2.75, 3.05) is 18.1 Å². The Balaban J connectivity index is 2.40. The van der Waals surface area contributed by atoms with Gasteiger partial charge in [-0.2, -0.15) is 4.98 Å². The summed E-state index contributed by atoms with van der Waals surface area (Å²) in [5, 5.41) is 0.122. The molecule has 7 heteroatoms. The third kappa shape index (κ3) is 4.35. The Kier molecular flexibility index (Phi) is 4.64. The Morgan fingerprint density at radius 2 is 2.47 bits per heavy atom. The van der Waals surface area contributed by atoms with Crippen molar-refractivity contribution in [1.29, 1.82) is 0 Å². The summed E-state index contributed by atoms with van der Waals surface area (Å²) < 4.78 is 4.76. The average Bonchev–Trinajstić information content (AvgIpc) is 2.14. The van der Waals surface area contributed by atoms with Crippen LogP contribution in [0.5, 0.6) is 0 Å². The molecule has 0 spiro atoms. The fourth-order valence-electron chi connectivity index (χ4n) is 0.810. The second kappa shape index (κ2) is 5.77. The number of ether oxygens (including phenoxy) is 1. The molecule has 1 aromatic rings. The number of nitrogen functional groups attached to an aromatic ring is 1. The topological polar surface area (TPSA) is 78.1 Å². The minimum absolute atomic E-state index is 0.122. The van der Waals surface area contributed by atoms with Gasteiger partial charge in [-0.15, -0.1) is 11.8 Å². The van der Waals surface area contributed by atoms with Crippen LogP contribution in [0.2, 0.25) is 5.28 Å². The molecule has 1 aromatic heterocycles. The highest BCUT2D eigenvalue weighted by Gasteiger charge is 2.03.